The van der Waals surface area contributed by atoms with Gasteiger partial charge in [-0.25, -0.2) is 0 Å². The summed E-state index contributed by atoms with van der Waals surface area (Å²) in [5.41, 5.74) is 0.455. The lowest BCUT2D eigenvalue weighted by Crippen LogP contribution is -2.52. The molecule has 4 heterocycles. The Morgan fingerprint density at radius 2 is 2.00 bits per heavy atom. The zero-order valence-electron chi connectivity index (χ0n) is 16.4. The number of rotatable bonds is 5. The van der Waals surface area contributed by atoms with E-state index in [1.54, 1.807) is 0 Å². The second kappa shape index (κ2) is 7.21. The first-order valence-corrected chi connectivity index (χ1v) is 10.9. The molecule has 1 N–H and O–H groups in total. The Kier molecular flexibility index (Phi) is 4.72. The SMILES string of the molecule is CN1CCC[C@H](CN2[C@@H]3CC[C@H]2C[C@@H](NC(=O)c2cc(C4CC4)on2)C3)C1. The Bertz CT molecular complexity index is 671. The number of carbonyl (C=O) groups excluding carboxylic acids is 1. The van der Waals surface area contributed by atoms with Crippen LogP contribution < -0.4 is 5.32 Å². The molecule has 148 valence electrons. The molecule has 1 amide bonds. The minimum atomic E-state index is -0.0580. The van der Waals surface area contributed by atoms with Crippen molar-refractivity contribution in [3.8, 4) is 0 Å². The van der Waals surface area contributed by atoms with Gasteiger partial charge in [-0.3, -0.25) is 9.69 Å². The van der Waals surface area contributed by atoms with Gasteiger partial charge < -0.3 is 14.7 Å². The Hall–Kier alpha value is -1.40. The van der Waals surface area contributed by atoms with Crippen LogP contribution in [-0.2, 0) is 0 Å². The summed E-state index contributed by atoms with van der Waals surface area (Å²) in [7, 11) is 2.25. The second-order valence-electron chi connectivity index (χ2n) is 9.38. The Morgan fingerprint density at radius 1 is 1.22 bits per heavy atom. The highest BCUT2D eigenvalue weighted by Gasteiger charge is 2.42. The highest BCUT2D eigenvalue weighted by molar-refractivity contribution is 5.92. The first-order chi connectivity index (χ1) is 13.2. The number of hydrogen-bond donors (Lipinski definition) is 1. The summed E-state index contributed by atoms with van der Waals surface area (Å²) >= 11 is 0. The monoisotopic (exact) mass is 372 g/mol. The standard InChI is InChI=1S/C21H32N4O2/c1-24-8-2-3-14(12-24)13-25-17-6-7-18(25)10-16(9-17)22-21(26)19-11-20(27-23-19)15-4-5-15/h11,14-18H,2-10,12-13H2,1H3,(H,22,26)/t14-,16-,17+,18-/m0/s1. The van der Waals surface area contributed by atoms with Crippen LogP contribution in [-0.4, -0.2) is 65.7 Å². The van der Waals surface area contributed by atoms with E-state index in [1.165, 1.54) is 45.3 Å². The van der Waals surface area contributed by atoms with Crippen molar-refractivity contribution in [1.82, 2.24) is 20.3 Å². The highest BCUT2D eigenvalue weighted by Crippen LogP contribution is 2.40. The van der Waals surface area contributed by atoms with Gasteiger partial charge in [0.2, 0.25) is 0 Å². The smallest absolute Gasteiger partial charge is 0.273 e. The second-order valence-corrected chi connectivity index (χ2v) is 9.38. The van der Waals surface area contributed by atoms with E-state index in [4.69, 9.17) is 4.52 Å². The van der Waals surface area contributed by atoms with Crippen molar-refractivity contribution in [2.75, 3.05) is 26.7 Å². The maximum absolute atomic E-state index is 12.6. The molecule has 5 rings (SSSR count). The predicted molar refractivity (Wildman–Crippen MR) is 103 cm³/mol. The number of fused-ring (bicyclic) bond motifs is 2. The Balaban J connectivity index is 1.16. The fraction of sp³-hybridized carbons (Fsp3) is 0.810. The van der Waals surface area contributed by atoms with Crippen LogP contribution in [0.25, 0.3) is 0 Å². The maximum Gasteiger partial charge on any atom is 0.273 e. The van der Waals surface area contributed by atoms with E-state index >= 15 is 0 Å². The van der Waals surface area contributed by atoms with Crippen LogP contribution in [0.4, 0.5) is 0 Å². The molecule has 1 saturated carbocycles. The number of hydrogen-bond acceptors (Lipinski definition) is 5. The van der Waals surface area contributed by atoms with Crippen LogP contribution >= 0.6 is 0 Å². The summed E-state index contributed by atoms with van der Waals surface area (Å²) in [6.07, 6.45) is 9.77. The van der Waals surface area contributed by atoms with Crippen LogP contribution in [0.1, 0.15) is 73.5 Å². The lowest BCUT2D eigenvalue weighted by molar-refractivity contribution is 0.0690. The molecule has 0 aromatic carbocycles. The van der Waals surface area contributed by atoms with Crippen molar-refractivity contribution in [1.29, 1.82) is 0 Å². The zero-order chi connectivity index (χ0) is 18.4. The third kappa shape index (κ3) is 3.79. The van der Waals surface area contributed by atoms with Gasteiger partial charge in [-0.1, -0.05) is 5.16 Å². The van der Waals surface area contributed by atoms with E-state index < -0.39 is 0 Å². The van der Waals surface area contributed by atoms with Gasteiger partial charge in [0.05, 0.1) is 0 Å². The van der Waals surface area contributed by atoms with E-state index in [0.29, 0.717) is 23.7 Å². The minimum absolute atomic E-state index is 0.0580. The Morgan fingerprint density at radius 3 is 2.70 bits per heavy atom. The van der Waals surface area contributed by atoms with E-state index in [9.17, 15) is 4.79 Å². The number of piperidine rings is 2. The molecule has 4 fully saturated rings. The van der Waals surface area contributed by atoms with E-state index in [1.807, 2.05) is 6.07 Å². The van der Waals surface area contributed by atoms with E-state index in [-0.39, 0.29) is 11.9 Å². The largest absolute Gasteiger partial charge is 0.360 e. The normalized spacial score (nSPS) is 34.7. The fourth-order valence-corrected chi connectivity index (χ4v) is 5.63. The highest BCUT2D eigenvalue weighted by atomic mass is 16.5. The van der Waals surface area contributed by atoms with Crippen molar-refractivity contribution in [2.24, 2.45) is 5.92 Å². The summed E-state index contributed by atoms with van der Waals surface area (Å²) < 4.78 is 5.34. The number of carbonyl (C=O) groups is 1. The fourth-order valence-electron chi connectivity index (χ4n) is 5.63. The molecular weight excluding hydrogens is 340 g/mol. The first kappa shape index (κ1) is 17.7. The molecule has 6 heteroatoms. The molecule has 0 radical (unpaired) electrons. The number of nitrogens with zero attached hydrogens (tertiary/aromatic N) is 3. The molecule has 0 spiro atoms. The molecule has 6 nitrogen and oxygen atoms in total. The van der Waals surface area contributed by atoms with Gasteiger partial charge in [-0.2, -0.15) is 0 Å². The number of aromatic nitrogens is 1. The van der Waals surface area contributed by atoms with Crippen molar-refractivity contribution >= 4 is 5.91 Å². The first-order valence-electron chi connectivity index (χ1n) is 10.9. The predicted octanol–water partition coefficient (Wildman–Crippen LogP) is 2.62. The molecule has 27 heavy (non-hydrogen) atoms. The van der Waals surface area contributed by atoms with Gasteiger partial charge in [0, 0.05) is 43.2 Å². The molecule has 4 atom stereocenters. The molecule has 1 aromatic heterocycles. The summed E-state index contributed by atoms with van der Waals surface area (Å²) in [6.45, 7) is 3.74. The Labute approximate surface area is 161 Å². The average Bonchev–Trinajstić information content (AvgIpc) is 3.33. The van der Waals surface area contributed by atoms with Crippen molar-refractivity contribution < 1.29 is 9.32 Å². The van der Waals surface area contributed by atoms with E-state index in [0.717, 1.165) is 37.4 Å². The molecule has 3 aliphatic heterocycles. The lowest BCUT2D eigenvalue weighted by atomic mass is 9.92. The van der Waals surface area contributed by atoms with Crippen molar-refractivity contribution in [2.45, 2.75) is 75.4 Å². The van der Waals surface area contributed by atoms with Crippen LogP contribution in [0.5, 0.6) is 0 Å². The van der Waals surface area contributed by atoms with Crippen molar-refractivity contribution in [3.05, 3.63) is 17.5 Å². The van der Waals surface area contributed by atoms with Gasteiger partial charge in [-0.05, 0) is 70.9 Å². The zero-order valence-corrected chi connectivity index (χ0v) is 16.4. The molecule has 2 bridgehead atoms. The van der Waals surface area contributed by atoms with Crippen LogP contribution in [0.3, 0.4) is 0 Å². The topological polar surface area (TPSA) is 61.6 Å². The number of nitrogens with one attached hydrogen (secondary N) is 1. The maximum atomic E-state index is 12.6. The molecular formula is C21H32N4O2. The van der Waals surface area contributed by atoms with Gasteiger partial charge in [-0.15, -0.1) is 0 Å². The van der Waals surface area contributed by atoms with Crippen LogP contribution in [0, 0.1) is 5.92 Å². The van der Waals surface area contributed by atoms with Gasteiger partial charge in [0.15, 0.2) is 5.69 Å². The molecule has 1 aromatic rings. The number of amides is 1. The third-order valence-corrected chi connectivity index (χ3v) is 7.15. The summed E-state index contributed by atoms with van der Waals surface area (Å²) in [6, 6.07) is 3.40. The van der Waals surface area contributed by atoms with Gasteiger partial charge in [0.25, 0.3) is 5.91 Å². The van der Waals surface area contributed by atoms with Crippen LogP contribution in [0.15, 0.2) is 10.6 Å². The molecule has 3 saturated heterocycles. The summed E-state index contributed by atoms with van der Waals surface area (Å²) in [5, 5.41) is 7.24. The van der Waals surface area contributed by atoms with Gasteiger partial charge >= 0.3 is 0 Å². The molecule has 0 unspecified atom stereocenters. The third-order valence-electron chi connectivity index (χ3n) is 7.15. The lowest BCUT2D eigenvalue weighted by Gasteiger charge is -2.42. The molecule has 4 aliphatic rings. The number of likely N-dealkylation sites (tertiary alicyclic amines) is 1. The summed E-state index contributed by atoms with van der Waals surface area (Å²) in [4.78, 5) is 17.8. The van der Waals surface area contributed by atoms with Gasteiger partial charge in [0.1, 0.15) is 5.76 Å². The van der Waals surface area contributed by atoms with Crippen LogP contribution in [0.2, 0.25) is 0 Å². The minimum Gasteiger partial charge on any atom is -0.360 e. The quantitative estimate of drug-likeness (QED) is 0.861. The summed E-state index contributed by atoms with van der Waals surface area (Å²) in [5.74, 6) is 2.14. The van der Waals surface area contributed by atoms with Crippen molar-refractivity contribution in [3.63, 3.8) is 0 Å². The van der Waals surface area contributed by atoms with E-state index in [2.05, 4.69) is 27.3 Å². The average molecular weight is 373 g/mol. The molecule has 1 aliphatic carbocycles.